The van der Waals surface area contributed by atoms with Crippen molar-refractivity contribution in [2.24, 2.45) is 0 Å². The zero-order valence-corrected chi connectivity index (χ0v) is 18.8. The number of fused-ring (bicyclic) bond motifs is 1. The first-order valence-corrected chi connectivity index (χ1v) is 11.1. The number of hydrogen-bond acceptors (Lipinski definition) is 3. The van der Waals surface area contributed by atoms with Gasteiger partial charge in [-0.05, 0) is 103 Å². The molecule has 0 fully saturated rings. The molecule has 0 spiro atoms. The van der Waals surface area contributed by atoms with Gasteiger partial charge in [-0.2, -0.15) is 0 Å². The number of aromatic nitrogens is 1. The van der Waals surface area contributed by atoms with Crippen LogP contribution in [-0.2, 0) is 10.0 Å². The van der Waals surface area contributed by atoms with Gasteiger partial charge in [0.2, 0.25) is 0 Å². The number of benzene rings is 2. The number of anilines is 1. The van der Waals surface area contributed by atoms with Crippen LogP contribution in [0.15, 0.2) is 54.8 Å². The number of hydrogen-bond donors (Lipinski definition) is 1. The Balaban J connectivity index is 2.14. The van der Waals surface area contributed by atoms with Gasteiger partial charge in [-0.1, -0.05) is 0 Å². The van der Waals surface area contributed by atoms with Crippen LogP contribution < -0.4 is 4.72 Å². The van der Waals surface area contributed by atoms with E-state index in [0.717, 1.165) is 26.5 Å². The second kappa shape index (κ2) is 6.98. The van der Waals surface area contributed by atoms with Crippen LogP contribution in [-0.4, -0.2) is 13.4 Å². The lowest BCUT2D eigenvalue weighted by molar-refractivity contribution is 0.601. The second-order valence-electron chi connectivity index (χ2n) is 5.57. The third kappa shape index (κ3) is 3.63. The van der Waals surface area contributed by atoms with Crippen molar-refractivity contribution in [1.29, 1.82) is 0 Å². The number of pyridine rings is 1. The highest BCUT2D eigenvalue weighted by atomic mass is 79.9. The number of aryl methyl sites for hydroxylation is 2. The highest BCUT2D eigenvalue weighted by molar-refractivity contribution is 9.14. The molecule has 4 nitrogen and oxygen atoms in total. The minimum atomic E-state index is -3.75. The summed E-state index contributed by atoms with van der Waals surface area (Å²) in [5, 5.41) is 0.768. The van der Waals surface area contributed by atoms with Gasteiger partial charge >= 0.3 is 0 Å². The highest BCUT2D eigenvalue weighted by Crippen LogP contribution is 2.35. The van der Waals surface area contributed by atoms with E-state index in [1.165, 1.54) is 0 Å². The molecule has 8 heteroatoms. The van der Waals surface area contributed by atoms with E-state index in [0.29, 0.717) is 14.6 Å². The zero-order chi connectivity index (χ0) is 18.4. The molecule has 3 rings (SSSR count). The van der Waals surface area contributed by atoms with Crippen LogP contribution in [0.25, 0.3) is 10.9 Å². The molecule has 0 saturated carbocycles. The van der Waals surface area contributed by atoms with E-state index in [9.17, 15) is 8.42 Å². The van der Waals surface area contributed by atoms with Crippen molar-refractivity contribution in [3.8, 4) is 0 Å². The summed E-state index contributed by atoms with van der Waals surface area (Å²) in [7, 11) is -3.75. The van der Waals surface area contributed by atoms with Crippen molar-refractivity contribution in [2.45, 2.75) is 18.7 Å². The van der Waals surface area contributed by atoms with E-state index in [2.05, 4.69) is 57.5 Å². The van der Waals surface area contributed by atoms with Gasteiger partial charge in [-0.15, -0.1) is 0 Å². The second-order valence-corrected chi connectivity index (χ2v) is 9.76. The molecule has 25 heavy (non-hydrogen) atoms. The number of rotatable bonds is 3. The molecule has 2 aromatic carbocycles. The van der Waals surface area contributed by atoms with E-state index in [4.69, 9.17) is 0 Å². The van der Waals surface area contributed by atoms with Crippen LogP contribution in [0.1, 0.15) is 11.1 Å². The van der Waals surface area contributed by atoms with Crippen LogP contribution in [0, 0.1) is 13.8 Å². The largest absolute Gasteiger partial charge is 0.279 e. The summed E-state index contributed by atoms with van der Waals surface area (Å²) >= 11 is 10.1. The van der Waals surface area contributed by atoms with Gasteiger partial charge < -0.3 is 0 Å². The standard InChI is InChI=1S/C17H13Br3N2O2S/c1-9-6-15(12-4-3-5-21-17(12)10(9)2)22-25(23,24)11-7-13(18)16(20)14(19)8-11/h3-8,22H,1-2H3. The maximum atomic E-state index is 12.9. The van der Waals surface area contributed by atoms with Gasteiger partial charge in [0.05, 0.1) is 16.1 Å². The Morgan fingerprint density at radius 2 is 1.68 bits per heavy atom. The quantitative estimate of drug-likeness (QED) is 0.412. The van der Waals surface area contributed by atoms with Crippen molar-refractivity contribution in [3.05, 3.63) is 61.1 Å². The molecule has 1 aromatic heterocycles. The first kappa shape index (κ1) is 18.8. The summed E-state index contributed by atoms with van der Waals surface area (Å²) in [5.41, 5.74) is 3.31. The van der Waals surface area contributed by atoms with Crippen LogP contribution in [0.5, 0.6) is 0 Å². The van der Waals surface area contributed by atoms with Gasteiger partial charge in [0, 0.05) is 25.0 Å². The molecular formula is C17H13Br3N2O2S. The molecule has 0 amide bonds. The fourth-order valence-corrected chi connectivity index (χ4v) is 5.33. The summed E-state index contributed by atoms with van der Waals surface area (Å²) < 4.78 is 30.5. The fraction of sp³-hybridized carbons (Fsp3) is 0.118. The SMILES string of the molecule is Cc1cc(NS(=O)(=O)c2cc(Br)c(Br)c(Br)c2)c2cccnc2c1C. The first-order chi connectivity index (χ1) is 11.7. The molecular weight excluding hydrogens is 536 g/mol. The molecule has 0 radical (unpaired) electrons. The van der Waals surface area contributed by atoms with Crippen molar-refractivity contribution < 1.29 is 8.42 Å². The molecule has 0 atom stereocenters. The number of sulfonamides is 1. The molecule has 0 aliphatic heterocycles. The van der Waals surface area contributed by atoms with Crippen LogP contribution >= 0.6 is 47.8 Å². The number of nitrogens with one attached hydrogen (secondary N) is 1. The Kier molecular flexibility index (Phi) is 5.26. The Morgan fingerprint density at radius 3 is 2.32 bits per heavy atom. The molecule has 0 aliphatic carbocycles. The maximum Gasteiger partial charge on any atom is 0.261 e. The highest BCUT2D eigenvalue weighted by Gasteiger charge is 2.19. The van der Waals surface area contributed by atoms with E-state index >= 15 is 0 Å². The van der Waals surface area contributed by atoms with Gasteiger partial charge in [0.1, 0.15) is 0 Å². The minimum absolute atomic E-state index is 0.157. The van der Waals surface area contributed by atoms with Gasteiger partial charge in [0.15, 0.2) is 0 Å². The van der Waals surface area contributed by atoms with Gasteiger partial charge in [0.25, 0.3) is 10.0 Å². The predicted octanol–water partition coefficient (Wildman–Crippen LogP) is 5.94. The summed E-state index contributed by atoms with van der Waals surface area (Å²) in [4.78, 5) is 4.55. The molecule has 0 aliphatic rings. The lowest BCUT2D eigenvalue weighted by atomic mass is 10.0. The lowest BCUT2D eigenvalue weighted by Crippen LogP contribution is -2.14. The Morgan fingerprint density at radius 1 is 1.04 bits per heavy atom. The Hall–Kier alpha value is -0.960. The first-order valence-electron chi connectivity index (χ1n) is 7.23. The van der Waals surface area contributed by atoms with Crippen LogP contribution in [0.2, 0.25) is 0 Å². The third-order valence-electron chi connectivity index (χ3n) is 3.92. The van der Waals surface area contributed by atoms with Gasteiger partial charge in [-0.25, -0.2) is 8.42 Å². The van der Waals surface area contributed by atoms with Crippen LogP contribution in [0.3, 0.4) is 0 Å². The van der Waals surface area contributed by atoms with Crippen molar-refractivity contribution in [3.63, 3.8) is 0 Å². The average molecular weight is 549 g/mol. The van der Waals surface area contributed by atoms with E-state index in [1.807, 2.05) is 26.0 Å². The number of halogens is 3. The van der Waals surface area contributed by atoms with Crippen molar-refractivity contribution >= 4 is 74.4 Å². The number of nitrogens with zero attached hydrogens (tertiary/aromatic N) is 1. The smallest absolute Gasteiger partial charge is 0.261 e. The van der Waals surface area contributed by atoms with Gasteiger partial charge in [-0.3, -0.25) is 9.71 Å². The maximum absolute atomic E-state index is 12.9. The normalized spacial score (nSPS) is 11.7. The average Bonchev–Trinajstić information content (AvgIpc) is 2.56. The molecule has 130 valence electrons. The van der Waals surface area contributed by atoms with Crippen molar-refractivity contribution in [1.82, 2.24) is 4.98 Å². The minimum Gasteiger partial charge on any atom is -0.279 e. The summed E-state index contributed by atoms with van der Waals surface area (Å²) in [6.45, 7) is 3.92. The third-order valence-corrected chi connectivity index (χ3v) is 8.43. The van der Waals surface area contributed by atoms with Crippen LogP contribution in [0.4, 0.5) is 5.69 Å². The molecule has 1 heterocycles. The molecule has 0 bridgehead atoms. The summed E-state index contributed by atoms with van der Waals surface area (Å²) in [5.74, 6) is 0. The van der Waals surface area contributed by atoms with Crippen molar-refractivity contribution in [2.75, 3.05) is 4.72 Å². The summed E-state index contributed by atoms with van der Waals surface area (Å²) in [6.07, 6.45) is 1.70. The molecule has 0 saturated heterocycles. The summed E-state index contributed by atoms with van der Waals surface area (Å²) in [6, 6.07) is 8.60. The molecule has 1 N–H and O–H groups in total. The Bertz CT molecular complexity index is 1080. The topological polar surface area (TPSA) is 59.1 Å². The molecule has 3 aromatic rings. The van der Waals surface area contributed by atoms with E-state index < -0.39 is 10.0 Å². The molecule has 0 unspecified atom stereocenters. The zero-order valence-electron chi connectivity index (χ0n) is 13.3. The van der Waals surface area contributed by atoms with E-state index in [1.54, 1.807) is 24.4 Å². The van der Waals surface area contributed by atoms with E-state index in [-0.39, 0.29) is 4.90 Å². The monoisotopic (exact) mass is 546 g/mol. The fourth-order valence-electron chi connectivity index (χ4n) is 2.49. The lowest BCUT2D eigenvalue weighted by Gasteiger charge is -2.14. The predicted molar refractivity (Wildman–Crippen MR) is 112 cm³/mol. The Labute approximate surface area is 171 Å².